The van der Waals surface area contributed by atoms with Crippen LogP contribution in [-0.4, -0.2) is 12.5 Å². The second kappa shape index (κ2) is 9.37. The first-order chi connectivity index (χ1) is 13.5. The first-order valence-corrected chi connectivity index (χ1v) is 10.7. The molecule has 2 N–H and O–H groups in total. The summed E-state index contributed by atoms with van der Waals surface area (Å²) < 4.78 is 0. The fourth-order valence-electron chi connectivity index (χ4n) is 3.24. The molecular formula is C23H25ClN2OS. The summed E-state index contributed by atoms with van der Waals surface area (Å²) in [5, 5.41) is 8.97. The van der Waals surface area contributed by atoms with E-state index in [0.29, 0.717) is 10.7 Å². The van der Waals surface area contributed by atoms with Gasteiger partial charge in [0, 0.05) is 4.88 Å². The highest BCUT2D eigenvalue weighted by Gasteiger charge is 2.17. The predicted octanol–water partition coefficient (Wildman–Crippen LogP) is 5.90. The number of carbonyl (C=O) groups is 1. The molecule has 3 rings (SSSR count). The van der Waals surface area contributed by atoms with Crippen LogP contribution in [0.1, 0.15) is 40.1 Å². The lowest BCUT2D eigenvalue weighted by Gasteiger charge is -2.19. The lowest BCUT2D eigenvalue weighted by atomic mass is 10.0. The zero-order valence-electron chi connectivity index (χ0n) is 16.4. The normalized spacial score (nSPS) is 12.0. The Balaban J connectivity index is 1.72. The van der Waals surface area contributed by atoms with E-state index in [1.807, 2.05) is 32.0 Å². The van der Waals surface area contributed by atoms with Crippen molar-refractivity contribution in [3.63, 3.8) is 0 Å². The molecule has 3 aromatic rings. The van der Waals surface area contributed by atoms with Crippen LogP contribution in [0.4, 0.5) is 5.69 Å². The number of amides is 1. The van der Waals surface area contributed by atoms with Crippen molar-refractivity contribution in [3.8, 4) is 0 Å². The van der Waals surface area contributed by atoms with E-state index in [-0.39, 0.29) is 18.5 Å². The molecule has 1 unspecified atom stereocenters. The zero-order chi connectivity index (χ0) is 20.1. The van der Waals surface area contributed by atoms with Crippen LogP contribution in [0.2, 0.25) is 5.02 Å². The molecule has 2 aromatic carbocycles. The Morgan fingerprint density at radius 2 is 1.89 bits per heavy atom. The smallest absolute Gasteiger partial charge is 0.238 e. The Kier molecular flexibility index (Phi) is 6.89. The van der Waals surface area contributed by atoms with Crippen molar-refractivity contribution >= 4 is 34.5 Å². The molecule has 1 aromatic heterocycles. The van der Waals surface area contributed by atoms with E-state index < -0.39 is 0 Å². The topological polar surface area (TPSA) is 41.1 Å². The summed E-state index contributed by atoms with van der Waals surface area (Å²) in [4.78, 5) is 13.8. The Hall–Kier alpha value is -2.14. The highest BCUT2D eigenvalue weighted by molar-refractivity contribution is 7.10. The van der Waals surface area contributed by atoms with Gasteiger partial charge in [0.05, 0.1) is 23.3 Å². The summed E-state index contributed by atoms with van der Waals surface area (Å²) in [5.41, 5.74) is 5.17. The summed E-state index contributed by atoms with van der Waals surface area (Å²) >= 11 is 8.00. The van der Waals surface area contributed by atoms with Crippen molar-refractivity contribution in [2.24, 2.45) is 0 Å². The Morgan fingerprint density at radius 3 is 2.50 bits per heavy atom. The Bertz CT molecular complexity index is 913. The standard InChI is InChI=1S/C23H25ClN2OS/c1-4-17-7-9-18(10-8-17)23(20-6-5-11-28-20)25-14-21(27)26-22-16(3)12-15(2)13-19(22)24/h5-13,23,25H,4,14H2,1-3H3,(H,26,27). The summed E-state index contributed by atoms with van der Waals surface area (Å²) in [6.07, 6.45) is 1.01. The van der Waals surface area contributed by atoms with E-state index in [9.17, 15) is 4.79 Å². The lowest BCUT2D eigenvalue weighted by Crippen LogP contribution is -2.31. The zero-order valence-corrected chi connectivity index (χ0v) is 18.0. The van der Waals surface area contributed by atoms with Crippen molar-refractivity contribution in [2.45, 2.75) is 33.2 Å². The molecular weight excluding hydrogens is 388 g/mol. The largest absolute Gasteiger partial charge is 0.323 e. The molecule has 0 fully saturated rings. The molecule has 0 saturated carbocycles. The van der Waals surface area contributed by atoms with Crippen molar-refractivity contribution in [2.75, 3.05) is 11.9 Å². The fourth-order valence-corrected chi connectivity index (χ4v) is 4.43. The number of hydrogen-bond acceptors (Lipinski definition) is 3. The maximum absolute atomic E-state index is 12.6. The van der Waals surface area contributed by atoms with Gasteiger partial charge in [0.25, 0.3) is 0 Å². The van der Waals surface area contributed by atoms with Crippen LogP contribution in [0.3, 0.4) is 0 Å². The molecule has 0 aliphatic heterocycles. The van der Waals surface area contributed by atoms with Crippen molar-refractivity contribution < 1.29 is 4.79 Å². The third kappa shape index (κ3) is 5.02. The minimum atomic E-state index is -0.111. The van der Waals surface area contributed by atoms with Gasteiger partial charge >= 0.3 is 0 Å². The molecule has 28 heavy (non-hydrogen) atoms. The molecule has 1 atom stereocenters. The third-order valence-corrected chi connectivity index (χ3v) is 5.95. The second-order valence-electron chi connectivity index (χ2n) is 6.91. The molecule has 1 heterocycles. The average molecular weight is 413 g/mol. The van der Waals surface area contributed by atoms with Gasteiger partial charge in [-0.2, -0.15) is 0 Å². The first kappa shape index (κ1) is 20.6. The number of halogens is 1. The summed E-state index contributed by atoms with van der Waals surface area (Å²) in [6.45, 7) is 6.28. The van der Waals surface area contributed by atoms with Gasteiger partial charge in [-0.25, -0.2) is 0 Å². The first-order valence-electron chi connectivity index (χ1n) is 9.40. The van der Waals surface area contributed by atoms with E-state index in [1.54, 1.807) is 11.3 Å². The van der Waals surface area contributed by atoms with E-state index in [1.165, 1.54) is 10.4 Å². The van der Waals surface area contributed by atoms with Gasteiger partial charge in [0.1, 0.15) is 0 Å². The highest BCUT2D eigenvalue weighted by atomic mass is 35.5. The summed E-state index contributed by atoms with van der Waals surface area (Å²) in [6, 6.07) is 16.5. The quantitative estimate of drug-likeness (QED) is 0.507. The number of aryl methyl sites for hydroxylation is 3. The third-order valence-electron chi connectivity index (χ3n) is 4.71. The van der Waals surface area contributed by atoms with Crippen LogP contribution in [0.5, 0.6) is 0 Å². The van der Waals surface area contributed by atoms with E-state index >= 15 is 0 Å². The number of thiophene rings is 1. The van der Waals surface area contributed by atoms with Gasteiger partial charge < -0.3 is 5.32 Å². The monoisotopic (exact) mass is 412 g/mol. The average Bonchev–Trinajstić information content (AvgIpc) is 3.20. The number of rotatable bonds is 7. The minimum absolute atomic E-state index is 0.0220. The molecule has 1 amide bonds. The minimum Gasteiger partial charge on any atom is -0.323 e. The van der Waals surface area contributed by atoms with Gasteiger partial charge in [0.2, 0.25) is 5.91 Å². The fraction of sp³-hybridized carbons (Fsp3) is 0.261. The molecule has 5 heteroatoms. The SMILES string of the molecule is CCc1ccc(C(NCC(=O)Nc2c(C)cc(C)cc2Cl)c2cccs2)cc1. The molecule has 0 radical (unpaired) electrons. The van der Waals surface area contributed by atoms with Crippen molar-refractivity contribution in [1.29, 1.82) is 0 Å². The van der Waals surface area contributed by atoms with Crippen LogP contribution < -0.4 is 10.6 Å². The van der Waals surface area contributed by atoms with Gasteiger partial charge in [-0.05, 0) is 60.0 Å². The Labute approximate surface area is 175 Å². The van der Waals surface area contributed by atoms with Crippen LogP contribution in [-0.2, 0) is 11.2 Å². The maximum atomic E-state index is 12.6. The van der Waals surface area contributed by atoms with Crippen LogP contribution in [0, 0.1) is 13.8 Å². The molecule has 0 spiro atoms. The maximum Gasteiger partial charge on any atom is 0.238 e. The molecule has 0 bridgehead atoms. The number of nitrogens with one attached hydrogen (secondary N) is 2. The number of anilines is 1. The molecule has 0 saturated heterocycles. The second-order valence-corrected chi connectivity index (χ2v) is 8.30. The lowest BCUT2D eigenvalue weighted by molar-refractivity contribution is -0.115. The van der Waals surface area contributed by atoms with Crippen LogP contribution in [0.15, 0.2) is 53.9 Å². The van der Waals surface area contributed by atoms with Crippen LogP contribution in [0.25, 0.3) is 0 Å². The van der Waals surface area contributed by atoms with E-state index in [0.717, 1.165) is 23.1 Å². The van der Waals surface area contributed by atoms with E-state index in [2.05, 4.69) is 53.3 Å². The van der Waals surface area contributed by atoms with Crippen LogP contribution >= 0.6 is 22.9 Å². The molecule has 0 aliphatic rings. The van der Waals surface area contributed by atoms with Gasteiger partial charge in [-0.1, -0.05) is 54.9 Å². The van der Waals surface area contributed by atoms with Gasteiger partial charge in [0.15, 0.2) is 0 Å². The summed E-state index contributed by atoms with van der Waals surface area (Å²) in [5.74, 6) is -0.111. The van der Waals surface area contributed by atoms with E-state index in [4.69, 9.17) is 11.6 Å². The Morgan fingerprint density at radius 1 is 1.14 bits per heavy atom. The van der Waals surface area contributed by atoms with Gasteiger partial charge in [-0.3, -0.25) is 10.1 Å². The van der Waals surface area contributed by atoms with Crippen molar-refractivity contribution in [1.82, 2.24) is 5.32 Å². The molecule has 0 aliphatic carbocycles. The predicted molar refractivity (Wildman–Crippen MR) is 120 cm³/mol. The summed E-state index contributed by atoms with van der Waals surface area (Å²) in [7, 11) is 0. The van der Waals surface area contributed by atoms with Crippen molar-refractivity contribution in [3.05, 3.63) is 86.1 Å². The highest BCUT2D eigenvalue weighted by Crippen LogP contribution is 2.28. The number of carbonyl (C=O) groups excluding carboxylic acids is 1. The van der Waals surface area contributed by atoms with Gasteiger partial charge in [-0.15, -0.1) is 11.3 Å². The number of benzene rings is 2. The molecule has 146 valence electrons. The molecule has 3 nitrogen and oxygen atoms in total. The number of hydrogen-bond donors (Lipinski definition) is 2.